The van der Waals surface area contributed by atoms with Gasteiger partial charge in [-0.25, -0.2) is 4.79 Å². The van der Waals surface area contributed by atoms with Crippen LogP contribution in [0.4, 0.5) is 0 Å². The van der Waals surface area contributed by atoms with Gasteiger partial charge in [0.1, 0.15) is 0 Å². The highest BCUT2D eigenvalue weighted by Gasteiger charge is 2.43. The Labute approximate surface area is 194 Å². The predicted octanol–water partition coefficient (Wildman–Crippen LogP) is 4.44. The molecule has 0 saturated heterocycles. The van der Waals surface area contributed by atoms with E-state index >= 15 is 0 Å². The van der Waals surface area contributed by atoms with Crippen LogP contribution < -0.4 is 14.8 Å². The number of esters is 1. The van der Waals surface area contributed by atoms with Gasteiger partial charge < -0.3 is 19.5 Å². The number of nitrogens with one attached hydrogen (secondary N) is 1. The molecule has 2 aromatic carbocycles. The van der Waals surface area contributed by atoms with E-state index in [1.807, 2.05) is 50.2 Å². The molecule has 2 aliphatic rings. The van der Waals surface area contributed by atoms with E-state index in [9.17, 15) is 9.59 Å². The van der Waals surface area contributed by atoms with Crippen molar-refractivity contribution in [2.75, 3.05) is 20.8 Å². The molecule has 1 aliphatic heterocycles. The zero-order valence-electron chi connectivity index (χ0n) is 17.7. The maximum atomic E-state index is 13.5. The van der Waals surface area contributed by atoms with Gasteiger partial charge in [0.15, 0.2) is 17.3 Å². The molecule has 1 heterocycles. The first-order chi connectivity index (χ1) is 14.9. The summed E-state index contributed by atoms with van der Waals surface area (Å²) in [5.74, 6) is 0.0187. The van der Waals surface area contributed by atoms with Crippen molar-refractivity contribution < 1.29 is 23.8 Å². The van der Waals surface area contributed by atoms with Crippen LogP contribution in [0.5, 0.6) is 11.5 Å². The van der Waals surface area contributed by atoms with Crippen molar-refractivity contribution in [1.82, 2.24) is 5.32 Å². The Kier molecular flexibility index (Phi) is 5.79. The van der Waals surface area contributed by atoms with Crippen molar-refractivity contribution in [3.63, 3.8) is 0 Å². The van der Waals surface area contributed by atoms with Crippen LogP contribution in [0.1, 0.15) is 41.3 Å². The lowest BCUT2D eigenvalue weighted by Gasteiger charge is -2.29. The van der Waals surface area contributed by atoms with Gasteiger partial charge in [0, 0.05) is 28.3 Å². The summed E-state index contributed by atoms with van der Waals surface area (Å²) in [4.78, 5) is 26.3. The second kappa shape index (κ2) is 8.37. The molecule has 0 bridgehead atoms. The molecule has 0 unspecified atom stereocenters. The standard InChI is InChI=1S/C24H22INO5/c1-5-31-17-11-13(10-16(25)23(17)29-3)19-18(24(28)30-4)12(2)26-21-14-8-6-7-9-15(14)22(27)20(19)21/h6-11,19,26H,5H2,1-4H3/t19-/m0/s1. The third kappa shape index (κ3) is 3.40. The quantitative estimate of drug-likeness (QED) is 0.455. The Bertz CT molecular complexity index is 1160. The van der Waals surface area contributed by atoms with Crippen LogP contribution in [0.25, 0.3) is 5.70 Å². The molecule has 7 heteroatoms. The summed E-state index contributed by atoms with van der Waals surface area (Å²) < 4.78 is 17.3. The lowest BCUT2D eigenvalue weighted by atomic mass is 9.79. The van der Waals surface area contributed by atoms with E-state index in [0.717, 1.165) is 20.4 Å². The third-order valence-electron chi connectivity index (χ3n) is 5.52. The van der Waals surface area contributed by atoms with Crippen molar-refractivity contribution in [3.8, 4) is 11.5 Å². The number of hydrogen-bond donors (Lipinski definition) is 1. The van der Waals surface area contributed by atoms with Crippen molar-refractivity contribution >= 4 is 40.0 Å². The summed E-state index contributed by atoms with van der Waals surface area (Å²) in [6.07, 6.45) is 0. The molecule has 1 N–H and O–H groups in total. The lowest BCUT2D eigenvalue weighted by Crippen LogP contribution is -2.29. The van der Waals surface area contributed by atoms with E-state index in [0.29, 0.717) is 40.5 Å². The highest BCUT2D eigenvalue weighted by atomic mass is 127. The van der Waals surface area contributed by atoms with Gasteiger partial charge in [-0.3, -0.25) is 4.79 Å². The molecular weight excluding hydrogens is 509 g/mol. The summed E-state index contributed by atoms with van der Waals surface area (Å²) in [5, 5.41) is 3.29. The first-order valence-electron chi connectivity index (χ1n) is 9.87. The average molecular weight is 531 g/mol. The number of allylic oxidation sites excluding steroid dienone is 2. The van der Waals surface area contributed by atoms with E-state index in [4.69, 9.17) is 14.2 Å². The maximum absolute atomic E-state index is 13.5. The molecule has 160 valence electrons. The van der Waals surface area contributed by atoms with Crippen LogP contribution in [0.2, 0.25) is 0 Å². The molecule has 6 nitrogen and oxygen atoms in total. The highest BCUT2D eigenvalue weighted by molar-refractivity contribution is 14.1. The Morgan fingerprint density at radius 3 is 2.52 bits per heavy atom. The molecule has 0 spiro atoms. The molecule has 2 aromatic rings. The van der Waals surface area contributed by atoms with Crippen molar-refractivity contribution in [1.29, 1.82) is 0 Å². The minimum atomic E-state index is -0.595. The average Bonchev–Trinajstić information content (AvgIpc) is 3.04. The van der Waals surface area contributed by atoms with E-state index in [-0.39, 0.29) is 5.78 Å². The SMILES string of the molecule is CCOc1cc([C@H]2C(C(=O)OC)=C(C)NC3=C2C(=O)c2ccccc23)cc(I)c1OC. The first-order valence-corrected chi connectivity index (χ1v) is 10.9. The van der Waals surface area contributed by atoms with Gasteiger partial charge in [-0.1, -0.05) is 24.3 Å². The van der Waals surface area contributed by atoms with Crippen LogP contribution in [0.3, 0.4) is 0 Å². The monoisotopic (exact) mass is 531 g/mol. The zero-order chi connectivity index (χ0) is 22.3. The van der Waals surface area contributed by atoms with Gasteiger partial charge in [0.2, 0.25) is 0 Å². The molecule has 31 heavy (non-hydrogen) atoms. The van der Waals surface area contributed by atoms with Crippen molar-refractivity contribution in [2.24, 2.45) is 0 Å². The van der Waals surface area contributed by atoms with Gasteiger partial charge in [-0.15, -0.1) is 0 Å². The van der Waals surface area contributed by atoms with Gasteiger partial charge in [-0.05, 0) is 54.1 Å². The molecule has 1 aliphatic carbocycles. The van der Waals surface area contributed by atoms with E-state index in [1.54, 1.807) is 7.11 Å². The fourth-order valence-corrected chi connectivity index (χ4v) is 5.10. The van der Waals surface area contributed by atoms with Gasteiger partial charge in [-0.2, -0.15) is 0 Å². The number of ketones is 1. The van der Waals surface area contributed by atoms with Crippen LogP contribution in [0, 0.1) is 3.57 Å². The number of hydrogen-bond acceptors (Lipinski definition) is 6. The number of methoxy groups -OCH3 is 2. The van der Waals surface area contributed by atoms with Gasteiger partial charge in [0.05, 0.1) is 35.7 Å². The number of carbonyl (C=O) groups excluding carboxylic acids is 2. The molecular formula is C24H22INO5. The number of ether oxygens (including phenoxy) is 3. The summed E-state index contributed by atoms with van der Waals surface area (Å²) in [5.41, 5.74) is 4.56. The van der Waals surface area contributed by atoms with E-state index in [2.05, 4.69) is 27.9 Å². The van der Waals surface area contributed by atoms with Crippen LogP contribution in [0.15, 0.2) is 53.2 Å². The van der Waals surface area contributed by atoms with Crippen molar-refractivity contribution in [3.05, 3.63) is 73.5 Å². The summed E-state index contributed by atoms with van der Waals surface area (Å²) in [6, 6.07) is 11.2. The van der Waals surface area contributed by atoms with Crippen LogP contribution in [-0.4, -0.2) is 32.6 Å². The Balaban J connectivity index is 1.97. The molecule has 1 atom stereocenters. The number of halogens is 1. The highest BCUT2D eigenvalue weighted by Crippen LogP contribution is 2.48. The van der Waals surface area contributed by atoms with Gasteiger partial charge >= 0.3 is 5.97 Å². The number of benzene rings is 2. The summed E-state index contributed by atoms with van der Waals surface area (Å²) in [7, 11) is 2.93. The van der Waals surface area contributed by atoms with E-state index in [1.165, 1.54) is 7.11 Å². The third-order valence-corrected chi connectivity index (χ3v) is 6.32. The second-order valence-electron chi connectivity index (χ2n) is 7.22. The zero-order valence-corrected chi connectivity index (χ0v) is 19.8. The normalized spacial score (nSPS) is 17.2. The van der Waals surface area contributed by atoms with Crippen molar-refractivity contribution in [2.45, 2.75) is 19.8 Å². The lowest BCUT2D eigenvalue weighted by molar-refractivity contribution is -0.136. The molecule has 0 saturated carbocycles. The topological polar surface area (TPSA) is 73.9 Å². The van der Waals surface area contributed by atoms with Gasteiger partial charge in [0.25, 0.3) is 0 Å². The van der Waals surface area contributed by atoms with E-state index < -0.39 is 11.9 Å². The fourth-order valence-electron chi connectivity index (χ4n) is 4.26. The predicted molar refractivity (Wildman–Crippen MR) is 125 cm³/mol. The Hall–Kier alpha value is -2.81. The first kappa shape index (κ1) is 21.4. The molecule has 0 aromatic heterocycles. The fraction of sp³-hybridized carbons (Fsp3) is 0.250. The number of Topliss-reactive ketones (excluding diaryl/α,β-unsaturated/α-hetero) is 1. The summed E-state index contributed by atoms with van der Waals surface area (Å²) in [6.45, 7) is 4.18. The maximum Gasteiger partial charge on any atom is 0.336 e. The molecule has 4 rings (SSSR count). The number of fused-ring (bicyclic) bond motifs is 2. The smallest absolute Gasteiger partial charge is 0.336 e. The number of dihydropyridines is 1. The van der Waals surface area contributed by atoms with Crippen LogP contribution in [-0.2, 0) is 9.53 Å². The molecule has 0 amide bonds. The van der Waals surface area contributed by atoms with Crippen LogP contribution >= 0.6 is 22.6 Å². The minimum absolute atomic E-state index is 0.0965. The summed E-state index contributed by atoms with van der Waals surface area (Å²) >= 11 is 2.18. The number of carbonyl (C=O) groups is 2. The Morgan fingerprint density at radius 1 is 1.16 bits per heavy atom. The second-order valence-corrected chi connectivity index (χ2v) is 8.38. The number of rotatable bonds is 5. The minimum Gasteiger partial charge on any atom is -0.492 e. The largest absolute Gasteiger partial charge is 0.492 e. The Morgan fingerprint density at radius 2 is 1.87 bits per heavy atom. The molecule has 0 radical (unpaired) electrons. The molecule has 0 fully saturated rings.